The van der Waals surface area contributed by atoms with E-state index in [0.29, 0.717) is 18.3 Å². The number of halogens is 2. The van der Waals surface area contributed by atoms with Gasteiger partial charge in [0.2, 0.25) is 0 Å². The van der Waals surface area contributed by atoms with Crippen LogP contribution in [0.5, 0.6) is 5.75 Å². The standard InChI is InChI=1S/C27H34F2O/c1-2-19-3-7-21(8-4-19)22-9-11-23(12-10-22)24-15-26(29)17-27(16-24)30-18-20-5-13-25(28)14-6-20/h5-6,13-17,19,21-23H,2-4,7-12,18H2,1H3. The van der Waals surface area contributed by atoms with E-state index in [2.05, 4.69) is 6.92 Å². The Balaban J connectivity index is 1.32. The molecule has 1 nitrogen and oxygen atoms in total. The molecule has 0 aromatic heterocycles. The lowest BCUT2D eigenvalue weighted by atomic mass is 9.68. The van der Waals surface area contributed by atoms with Gasteiger partial charge in [-0.2, -0.15) is 0 Å². The first-order valence-corrected chi connectivity index (χ1v) is 11.8. The molecule has 4 rings (SSSR count). The third-order valence-electron chi connectivity index (χ3n) is 7.59. The van der Waals surface area contributed by atoms with Crippen molar-refractivity contribution in [2.75, 3.05) is 0 Å². The molecular weight excluding hydrogens is 378 g/mol. The zero-order valence-corrected chi connectivity index (χ0v) is 18.1. The van der Waals surface area contributed by atoms with Crippen LogP contribution in [0.2, 0.25) is 0 Å². The molecule has 3 heteroatoms. The van der Waals surface area contributed by atoms with Crippen molar-refractivity contribution in [2.24, 2.45) is 17.8 Å². The van der Waals surface area contributed by atoms with E-state index in [1.807, 2.05) is 6.07 Å². The second-order valence-electron chi connectivity index (χ2n) is 9.44. The summed E-state index contributed by atoms with van der Waals surface area (Å²) in [6, 6.07) is 11.4. The predicted molar refractivity (Wildman–Crippen MR) is 118 cm³/mol. The fraction of sp³-hybridized carbons (Fsp3) is 0.556. The van der Waals surface area contributed by atoms with Crippen molar-refractivity contribution in [2.45, 2.75) is 77.2 Å². The Morgan fingerprint density at radius 3 is 2.03 bits per heavy atom. The maximum Gasteiger partial charge on any atom is 0.127 e. The molecule has 2 aromatic rings. The van der Waals surface area contributed by atoms with Crippen LogP contribution >= 0.6 is 0 Å². The van der Waals surface area contributed by atoms with Crippen LogP contribution in [-0.2, 0) is 6.61 Å². The average molecular weight is 413 g/mol. The highest BCUT2D eigenvalue weighted by Gasteiger charge is 2.31. The Labute approximate surface area is 179 Å². The summed E-state index contributed by atoms with van der Waals surface area (Å²) < 4.78 is 33.1. The highest BCUT2D eigenvalue weighted by molar-refractivity contribution is 5.32. The average Bonchev–Trinajstić information content (AvgIpc) is 2.78. The minimum Gasteiger partial charge on any atom is -0.489 e. The van der Waals surface area contributed by atoms with Gasteiger partial charge in [-0.3, -0.25) is 0 Å². The molecule has 2 saturated carbocycles. The summed E-state index contributed by atoms with van der Waals surface area (Å²) in [5.41, 5.74) is 1.94. The van der Waals surface area contributed by atoms with E-state index in [9.17, 15) is 8.78 Å². The molecular formula is C27H34F2O. The Morgan fingerprint density at radius 1 is 0.767 bits per heavy atom. The van der Waals surface area contributed by atoms with Gasteiger partial charge < -0.3 is 4.74 Å². The second-order valence-corrected chi connectivity index (χ2v) is 9.44. The van der Waals surface area contributed by atoms with Gasteiger partial charge in [-0.25, -0.2) is 8.78 Å². The minimum absolute atomic E-state index is 0.235. The Bertz CT molecular complexity index is 800. The van der Waals surface area contributed by atoms with Gasteiger partial charge in [0.25, 0.3) is 0 Å². The summed E-state index contributed by atoms with van der Waals surface area (Å²) in [5.74, 6) is 3.23. The molecule has 0 bridgehead atoms. The van der Waals surface area contributed by atoms with Gasteiger partial charge in [0.1, 0.15) is 24.0 Å². The second kappa shape index (κ2) is 9.94. The van der Waals surface area contributed by atoms with Crippen molar-refractivity contribution >= 4 is 0 Å². The van der Waals surface area contributed by atoms with E-state index in [4.69, 9.17) is 4.74 Å². The Kier molecular flexibility index (Phi) is 7.07. The largest absolute Gasteiger partial charge is 0.489 e. The molecule has 0 unspecified atom stereocenters. The molecule has 0 spiro atoms. The summed E-state index contributed by atoms with van der Waals surface area (Å²) in [5, 5.41) is 0. The molecule has 0 amide bonds. The SMILES string of the molecule is CCC1CCC(C2CCC(c3cc(F)cc(OCc4ccc(F)cc4)c3)CC2)CC1. The number of ether oxygens (including phenoxy) is 1. The molecule has 0 aliphatic heterocycles. The molecule has 162 valence electrons. The summed E-state index contributed by atoms with van der Waals surface area (Å²) in [4.78, 5) is 0. The van der Waals surface area contributed by atoms with Crippen LogP contribution in [0.15, 0.2) is 42.5 Å². The van der Waals surface area contributed by atoms with Gasteiger partial charge >= 0.3 is 0 Å². The smallest absolute Gasteiger partial charge is 0.127 e. The lowest BCUT2D eigenvalue weighted by Crippen LogP contribution is -2.25. The van der Waals surface area contributed by atoms with Crippen LogP contribution in [0.25, 0.3) is 0 Å². The third-order valence-corrected chi connectivity index (χ3v) is 7.59. The molecule has 0 saturated heterocycles. The Hall–Kier alpha value is -1.90. The van der Waals surface area contributed by atoms with Gasteiger partial charge in [0, 0.05) is 6.07 Å². The quantitative estimate of drug-likeness (QED) is 0.466. The van der Waals surface area contributed by atoms with Crippen molar-refractivity contribution in [3.63, 3.8) is 0 Å². The Morgan fingerprint density at radius 2 is 1.40 bits per heavy atom. The van der Waals surface area contributed by atoms with Gasteiger partial charge in [0.05, 0.1) is 0 Å². The number of benzene rings is 2. The van der Waals surface area contributed by atoms with Gasteiger partial charge in [-0.05, 0) is 97.6 Å². The van der Waals surface area contributed by atoms with Crippen molar-refractivity contribution in [1.29, 1.82) is 0 Å². The summed E-state index contributed by atoms with van der Waals surface area (Å²) in [6.45, 7) is 2.64. The summed E-state index contributed by atoms with van der Waals surface area (Å²) in [7, 11) is 0. The van der Waals surface area contributed by atoms with Crippen molar-refractivity contribution in [3.8, 4) is 5.75 Å². The van der Waals surface area contributed by atoms with Crippen molar-refractivity contribution in [1.82, 2.24) is 0 Å². The van der Waals surface area contributed by atoms with Crippen LogP contribution in [0.3, 0.4) is 0 Å². The predicted octanol–water partition coefficient (Wildman–Crippen LogP) is 8.03. The van der Waals surface area contributed by atoms with E-state index in [1.54, 1.807) is 18.2 Å². The minimum atomic E-state index is -0.263. The first kappa shape index (κ1) is 21.3. The van der Waals surface area contributed by atoms with Crippen LogP contribution < -0.4 is 4.74 Å². The van der Waals surface area contributed by atoms with Crippen LogP contribution in [0.4, 0.5) is 8.78 Å². The van der Waals surface area contributed by atoms with E-state index < -0.39 is 0 Å². The molecule has 2 fully saturated rings. The fourth-order valence-electron chi connectivity index (χ4n) is 5.64. The van der Waals surface area contributed by atoms with Gasteiger partial charge in [0.15, 0.2) is 0 Å². The van der Waals surface area contributed by atoms with E-state index in [0.717, 1.165) is 41.7 Å². The van der Waals surface area contributed by atoms with Crippen LogP contribution in [0.1, 0.15) is 81.8 Å². The number of hydrogen-bond acceptors (Lipinski definition) is 1. The zero-order valence-electron chi connectivity index (χ0n) is 18.1. The van der Waals surface area contributed by atoms with Crippen LogP contribution in [0, 0.1) is 29.4 Å². The van der Waals surface area contributed by atoms with Gasteiger partial charge in [-0.1, -0.05) is 38.3 Å². The molecule has 0 N–H and O–H groups in total. The summed E-state index contributed by atoms with van der Waals surface area (Å²) >= 11 is 0. The maximum atomic E-state index is 14.3. The monoisotopic (exact) mass is 412 g/mol. The number of hydrogen-bond donors (Lipinski definition) is 0. The van der Waals surface area contributed by atoms with E-state index in [1.165, 1.54) is 63.1 Å². The third kappa shape index (κ3) is 5.42. The van der Waals surface area contributed by atoms with Crippen LogP contribution in [-0.4, -0.2) is 0 Å². The number of rotatable bonds is 6. The molecule has 30 heavy (non-hydrogen) atoms. The molecule has 0 atom stereocenters. The highest BCUT2D eigenvalue weighted by atomic mass is 19.1. The molecule has 2 aliphatic rings. The first-order valence-electron chi connectivity index (χ1n) is 11.8. The normalized spacial score (nSPS) is 27.0. The molecule has 2 aromatic carbocycles. The molecule has 0 heterocycles. The summed E-state index contributed by atoms with van der Waals surface area (Å²) in [6.07, 6.45) is 11.8. The van der Waals surface area contributed by atoms with Crippen molar-refractivity contribution < 1.29 is 13.5 Å². The lowest BCUT2D eigenvalue weighted by Gasteiger charge is -2.38. The lowest BCUT2D eigenvalue weighted by molar-refractivity contribution is 0.158. The molecule has 0 radical (unpaired) electrons. The van der Waals surface area contributed by atoms with Gasteiger partial charge in [-0.15, -0.1) is 0 Å². The fourth-order valence-corrected chi connectivity index (χ4v) is 5.64. The topological polar surface area (TPSA) is 9.23 Å². The zero-order chi connectivity index (χ0) is 20.9. The highest BCUT2D eigenvalue weighted by Crippen LogP contribution is 2.44. The van der Waals surface area contributed by atoms with E-state index >= 15 is 0 Å². The van der Waals surface area contributed by atoms with E-state index in [-0.39, 0.29) is 11.6 Å². The first-order chi connectivity index (χ1) is 14.6. The van der Waals surface area contributed by atoms with Crippen molar-refractivity contribution in [3.05, 3.63) is 65.2 Å². The molecule has 2 aliphatic carbocycles. The maximum absolute atomic E-state index is 14.3.